The van der Waals surface area contributed by atoms with Crippen LogP contribution in [0.1, 0.15) is 30.2 Å². The molecule has 0 spiro atoms. The van der Waals surface area contributed by atoms with Crippen LogP contribution in [0, 0.1) is 5.92 Å². The maximum atomic E-state index is 13.1. The number of rotatable bonds is 4. The molecule has 0 bridgehead atoms. The molecule has 0 saturated carbocycles. The van der Waals surface area contributed by atoms with Crippen molar-refractivity contribution in [2.75, 3.05) is 27.2 Å². The lowest BCUT2D eigenvalue weighted by atomic mass is 9.94. The van der Waals surface area contributed by atoms with Gasteiger partial charge in [0.05, 0.1) is 0 Å². The van der Waals surface area contributed by atoms with E-state index in [9.17, 15) is 9.59 Å². The molecule has 30 heavy (non-hydrogen) atoms. The Hall–Kier alpha value is -3.28. The highest BCUT2D eigenvalue weighted by atomic mass is 16.3. The van der Waals surface area contributed by atoms with Gasteiger partial charge in [-0.3, -0.25) is 4.79 Å². The summed E-state index contributed by atoms with van der Waals surface area (Å²) in [6.07, 6.45) is 1.32. The Kier molecular flexibility index (Phi) is 5.74. The van der Waals surface area contributed by atoms with Gasteiger partial charge in [-0.05, 0) is 30.5 Å². The first kappa shape index (κ1) is 20.0. The molecule has 3 aromatic rings. The van der Waals surface area contributed by atoms with E-state index in [1.807, 2.05) is 60.7 Å². The minimum Gasteiger partial charge on any atom is -0.459 e. The average Bonchev–Trinajstić information content (AvgIpc) is 3.21. The molecule has 1 fully saturated rings. The molecule has 1 aliphatic heterocycles. The number of fused-ring (bicyclic) bond motifs is 1. The van der Waals surface area contributed by atoms with Crippen LogP contribution in [0.5, 0.6) is 0 Å². The summed E-state index contributed by atoms with van der Waals surface area (Å²) < 4.78 is 6.07. The second kappa shape index (κ2) is 8.61. The lowest BCUT2D eigenvalue weighted by Crippen LogP contribution is -2.46. The molecule has 1 atom stereocenters. The standard InChI is InChI=1S/C24H27N3O3/c1-26(2)24(29)27-14-12-18(13-15-27)23(28)25-22(17-8-4-3-5-9-17)21-16-19-10-6-7-11-20(19)30-21/h3-11,16,18,22H,12-15H2,1-2H3,(H,25,28)/t22-/m0/s1. The van der Waals surface area contributed by atoms with Gasteiger partial charge in [-0.25, -0.2) is 4.79 Å². The number of benzene rings is 2. The van der Waals surface area contributed by atoms with Crippen molar-refractivity contribution < 1.29 is 14.0 Å². The van der Waals surface area contributed by atoms with E-state index >= 15 is 0 Å². The van der Waals surface area contributed by atoms with E-state index in [-0.39, 0.29) is 23.9 Å². The highest BCUT2D eigenvalue weighted by Crippen LogP contribution is 2.29. The van der Waals surface area contributed by atoms with Gasteiger partial charge < -0.3 is 19.5 Å². The van der Waals surface area contributed by atoms with Crippen LogP contribution in [-0.2, 0) is 4.79 Å². The third-order valence-corrected chi connectivity index (χ3v) is 5.67. The number of carbonyl (C=O) groups is 2. The number of nitrogens with zero attached hydrogens (tertiary/aromatic N) is 2. The molecule has 0 aliphatic carbocycles. The second-order valence-corrected chi connectivity index (χ2v) is 7.98. The SMILES string of the molecule is CN(C)C(=O)N1CCC(C(=O)N[C@@H](c2ccccc2)c2cc3ccccc3o2)CC1. The van der Waals surface area contributed by atoms with Gasteiger partial charge in [0.2, 0.25) is 5.91 Å². The van der Waals surface area contributed by atoms with Gasteiger partial charge >= 0.3 is 6.03 Å². The number of furan rings is 1. The number of hydrogen-bond donors (Lipinski definition) is 1. The Labute approximate surface area is 176 Å². The van der Waals surface area contributed by atoms with Crippen LogP contribution in [0.15, 0.2) is 65.1 Å². The van der Waals surface area contributed by atoms with E-state index in [0.717, 1.165) is 22.3 Å². The molecule has 1 aliphatic rings. The first-order valence-corrected chi connectivity index (χ1v) is 10.3. The van der Waals surface area contributed by atoms with Gasteiger partial charge in [-0.2, -0.15) is 0 Å². The molecule has 6 nitrogen and oxygen atoms in total. The monoisotopic (exact) mass is 405 g/mol. The molecule has 3 amide bonds. The number of likely N-dealkylation sites (tertiary alicyclic amines) is 1. The van der Waals surface area contributed by atoms with Crippen LogP contribution in [0.2, 0.25) is 0 Å². The number of para-hydroxylation sites is 1. The van der Waals surface area contributed by atoms with E-state index < -0.39 is 0 Å². The van der Waals surface area contributed by atoms with Crippen molar-refractivity contribution in [1.29, 1.82) is 0 Å². The van der Waals surface area contributed by atoms with E-state index in [1.165, 1.54) is 0 Å². The van der Waals surface area contributed by atoms with E-state index in [2.05, 4.69) is 5.32 Å². The molecule has 6 heteroatoms. The van der Waals surface area contributed by atoms with Gasteiger partial charge in [-0.15, -0.1) is 0 Å². The van der Waals surface area contributed by atoms with Crippen molar-refractivity contribution in [3.63, 3.8) is 0 Å². The zero-order valence-corrected chi connectivity index (χ0v) is 17.4. The molecule has 2 aromatic carbocycles. The minimum absolute atomic E-state index is 0.00117. The predicted octanol–water partition coefficient (Wildman–Crippen LogP) is 4.03. The molecule has 2 heterocycles. The highest BCUT2D eigenvalue weighted by molar-refractivity contribution is 5.81. The van der Waals surface area contributed by atoms with Crippen molar-refractivity contribution in [1.82, 2.24) is 15.1 Å². The summed E-state index contributed by atoms with van der Waals surface area (Å²) in [4.78, 5) is 28.6. The third-order valence-electron chi connectivity index (χ3n) is 5.67. The molecule has 0 unspecified atom stereocenters. The topological polar surface area (TPSA) is 65.8 Å². The van der Waals surface area contributed by atoms with Crippen LogP contribution in [0.3, 0.4) is 0 Å². The molecule has 0 radical (unpaired) electrons. The molecule has 1 saturated heterocycles. The average molecular weight is 405 g/mol. The fourth-order valence-electron chi connectivity index (χ4n) is 3.98. The number of urea groups is 1. The van der Waals surface area contributed by atoms with Crippen LogP contribution in [-0.4, -0.2) is 48.9 Å². The summed E-state index contributed by atoms with van der Waals surface area (Å²) in [6.45, 7) is 1.19. The van der Waals surface area contributed by atoms with Gasteiger partial charge in [0.1, 0.15) is 17.4 Å². The first-order chi connectivity index (χ1) is 14.5. The Morgan fingerprint density at radius 3 is 2.37 bits per heavy atom. The van der Waals surface area contributed by atoms with Gasteiger partial charge in [-0.1, -0.05) is 48.5 Å². The second-order valence-electron chi connectivity index (χ2n) is 7.98. The maximum absolute atomic E-state index is 13.1. The Morgan fingerprint density at radius 1 is 1.03 bits per heavy atom. The Morgan fingerprint density at radius 2 is 1.70 bits per heavy atom. The number of amides is 3. The normalized spacial score (nSPS) is 15.7. The van der Waals surface area contributed by atoms with Crippen LogP contribution < -0.4 is 5.32 Å². The largest absolute Gasteiger partial charge is 0.459 e. The summed E-state index contributed by atoms with van der Waals surface area (Å²) >= 11 is 0. The fourth-order valence-corrected chi connectivity index (χ4v) is 3.98. The zero-order valence-electron chi connectivity index (χ0n) is 17.4. The maximum Gasteiger partial charge on any atom is 0.319 e. The predicted molar refractivity (Wildman–Crippen MR) is 116 cm³/mol. The number of piperidine rings is 1. The molecule has 156 valence electrons. The summed E-state index contributed by atoms with van der Waals surface area (Å²) in [5.74, 6) is 0.601. The summed E-state index contributed by atoms with van der Waals surface area (Å²) in [6, 6.07) is 19.4. The van der Waals surface area contributed by atoms with Gasteiger partial charge in [0.15, 0.2) is 0 Å². The van der Waals surface area contributed by atoms with E-state index in [4.69, 9.17) is 4.42 Å². The third kappa shape index (κ3) is 4.17. The minimum atomic E-state index is -0.354. The van der Waals surface area contributed by atoms with Crippen LogP contribution in [0.25, 0.3) is 11.0 Å². The van der Waals surface area contributed by atoms with Gasteiger partial charge in [0, 0.05) is 38.5 Å². The zero-order chi connectivity index (χ0) is 21.1. The lowest BCUT2D eigenvalue weighted by Gasteiger charge is -2.33. The molecule has 1 aromatic heterocycles. The van der Waals surface area contributed by atoms with Crippen molar-refractivity contribution in [2.24, 2.45) is 5.92 Å². The Balaban J connectivity index is 1.51. The number of carbonyl (C=O) groups excluding carboxylic acids is 2. The van der Waals surface area contributed by atoms with Crippen molar-refractivity contribution in [3.8, 4) is 0 Å². The van der Waals surface area contributed by atoms with Crippen LogP contribution in [0.4, 0.5) is 4.79 Å². The number of nitrogens with one attached hydrogen (secondary N) is 1. The fraction of sp³-hybridized carbons (Fsp3) is 0.333. The Bertz CT molecular complexity index is 987. The lowest BCUT2D eigenvalue weighted by molar-refractivity contribution is -0.126. The van der Waals surface area contributed by atoms with Crippen molar-refractivity contribution in [3.05, 3.63) is 72.0 Å². The first-order valence-electron chi connectivity index (χ1n) is 10.3. The highest BCUT2D eigenvalue weighted by Gasteiger charge is 2.30. The van der Waals surface area contributed by atoms with Gasteiger partial charge in [0.25, 0.3) is 0 Å². The summed E-state index contributed by atoms with van der Waals surface area (Å²) in [5, 5.41) is 4.21. The van der Waals surface area contributed by atoms with E-state index in [1.54, 1.807) is 23.9 Å². The molecular weight excluding hydrogens is 378 g/mol. The molecule has 1 N–H and O–H groups in total. The van der Waals surface area contributed by atoms with E-state index in [0.29, 0.717) is 25.9 Å². The quantitative estimate of drug-likeness (QED) is 0.713. The van der Waals surface area contributed by atoms with Crippen molar-refractivity contribution in [2.45, 2.75) is 18.9 Å². The summed E-state index contributed by atoms with van der Waals surface area (Å²) in [5.41, 5.74) is 1.78. The van der Waals surface area contributed by atoms with Crippen LogP contribution >= 0.6 is 0 Å². The molecule has 4 rings (SSSR count). The smallest absolute Gasteiger partial charge is 0.319 e. The van der Waals surface area contributed by atoms with Crippen molar-refractivity contribution >= 4 is 22.9 Å². The molecular formula is C24H27N3O3. The summed E-state index contributed by atoms with van der Waals surface area (Å²) in [7, 11) is 3.50. The number of hydrogen-bond acceptors (Lipinski definition) is 3.